The van der Waals surface area contributed by atoms with Crippen molar-refractivity contribution in [3.8, 4) is 0 Å². The van der Waals surface area contributed by atoms with E-state index in [1.165, 1.54) is 28.7 Å². The Hall–Kier alpha value is -2.91. The number of hydrogen-bond donors (Lipinski definition) is 1. The highest BCUT2D eigenvalue weighted by Crippen LogP contribution is 2.54. The normalized spacial score (nSPS) is 16.8. The number of rotatable bonds is 10. The van der Waals surface area contributed by atoms with Crippen LogP contribution >= 0.6 is 23.1 Å². The molecule has 0 bridgehead atoms. The number of aromatic nitrogens is 3. The number of ether oxygens (including phenoxy) is 1. The second kappa shape index (κ2) is 10.6. The number of carbonyl (C=O) groups excluding carboxylic acids is 2. The van der Waals surface area contributed by atoms with Gasteiger partial charge in [-0.25, -0.2) is 4.79 Å². The highest BCUT2D eigenvalue weighted by Gasteiger charge is 2.43. The average molecular weight is 497 g/mol. The summed E-state index contributed by atoms with van der Waals surface area (Å²) in [5.74, 6) is 1.23. The number of aryl methyl sites for hydroxylation is 1. The van der Waals surface area contributed by atoms with Crippen molar-refractivity contribution in [2.24, 2.45) is 0 Å². The predicted molar refractivity (Wildman–Crippen MR) is 136 cm³/mol. The molecule has 1 saturated carbocycles. The molecule has 1 aliphatic rings. The van der Waals surface area contributed by atoms with Crippen LogP contribution in [0.25, 0.3) is 0 Å². The Labute approximate surface area is 207 Å². The van der Waals surface area contributed by atoms with Gasteiger partial charge in [0, 0.05) is 17.3 Å². The molecule has 1 aromatic carbocycles. The molecule has 1 fully saturated rings. The Kier molecular flexibility index (Phi) is 7.53. The third kappa shape index (κ3) is 5.10. The van der Waals surface area contributed by atoms with Crippen LogP contribution in [0.1, 0.15) is 57.4 Å². The number of thiophene rings is 1. The molecule has 2 atom stereocenters. The van der Waals surface area contributed by atoms with Gasteiger partial charge < -0.3 is 14.6 Å². The van der Waals surface area contributed by atoms with Crippen LogP contribution in [0.3, 0.4) is 0 Å². The number of amides is 1. The van der Waals surface area contributed by atoms with E-state index in [-0.39, 0.29) is 18.3 Å². The predicted octanol–water partition coefficient (Wildman–Crippen LogP) is 5.32. The van der Waals surface area contributed by atoms with Crippen molar-refractivity contribution in [1.82, 2.24) is 14.8 Å². The van der Waals surface area contributed by atoms with Crippen LogP contribution in [-0.4, -0.2) is 39.0 Å². The first-order valence-electron chi connectivity index (χ1n) is 11.2. The lowest BCUT2D eigenvalue weighted by Crippen LogP contribution is -2.17. The van der Waals surface area contributed by atoms with Crippen LogP contribution < -0.4 is 5.32 Å². The Morgan fingerprint density at radius 3 is 2.74 bits per heavy atom. The highest BCUT2D eigenvalue weighted by atomic mass is 32.2. The van der Waals surface area contributed by atoms with E-state index in [2.05, 4.69) is 46.4 Å². The van der Waals surface area contributed by atoms with Crippen LogP contribution in [0.2, 0.25) is 0 Å². The summed E-state index contributed by atoms with van der Waals surface area (Å²) in [5.41, 5.74) is 2.58. The van der Waals surface area contributed by atoms with E-state index < -0.39 is 5.97 Å². The van der Waals surface area contributed by atoms with Gasteiger partial charge >= 0.3 is 5.97 Å². The van der Waals surface area contributed by atoms with Crippen molar-refractivity contribution in [3.05, 3.63) is 70.4 Å². The molecule has 0 aliphatic heterocycles. The van der Waals surface area contributed by atoms with E-state index in [0.29, 0.717) is 34.1 Å². The van der Waals surface area contributed by atoms with Crippen LogP contribution in [0.15, 0.2) is 48.1 Å². The highest BCUT2D eigenvalue weighted by molar-refractivity contribution is 7.99. The number of thioether (sulfide) groups is 1. The van der Waals surface area contributed by atoms with E-state index in [4.69, 9.17) is 4.74 Å². The number of hydrogen-bond acceptors (Lipinski definition) is 7. The van der Waals surface area contributed by atoms with Crippen molar-refractivity contribution in [3.63, 3.8) is 0 Å². The van der Waals surface area contributed by atoms with Crippen LogP contribution in [0, 0.1) is 13.8 Å². The number of esters is 1. The topological polar surface area (TPSA) is 86.1 Å². The minimum absolute atomic E-state index is 0.153. The summed E-state index contributed by atoms with van der Waals surface area (Å²) in [6.07, 6.45) is 2.86. The van der Waals surface area contributed by atoms with E-state index in [1.807, 2.05) is 30.6 Å². The first-order chi connectivity index (χ1) is 16.4. The number of benzene rings is 1. The summed E-state index contributed by atoms with van der Waals surface area (Å²) in [4.78, 5) is 26.1. The van der Waals surface area contributed by atoms with Crippen LogP contribution in [0.4, 0.5) is 5.00 Å². The van der Waals surface area contributed by atoms with Crippen molar-refractivity contribution >= 4 is 40.0 Å². The van der Waals surface area contributed by atoms with Crippen LogP contribution in [-0.2, 0) is 16.1 Å². The molecule has 2 unspecified atom stereocenters. The van der Waals surface area contributed by atoms with Gasteiger partial charge in [-0.3, -0.25) is 4.79 Å². The summed E-state index contributed by atoms with van der Waals surface area (Å²) < 4.78 is 7.21. The molecular weight excluding hydrogens is 468 g/mol. The molecule has 2 heterocycles. The molecule has 3 aromatic rings. The van der Waals surface area contributed by atoms with E-state index in [0.717, 1.165) is 22.7 Å². The molecule has 0 radical (unpaired) electrons. The zero-order valence-electron chi connectivity index (χ0n) is 19.5. The number of nitrogens with one attached hydrogen (secondary N) is 1. The van der Waals surface area contributed by atoms with E-state index in [9.17, 15) is 9.59 Å². The molecule has 4 rings (SSSR count). The third-order valence-corrected chi connectivity index (χ3v) is 7.95. The first-order valence-corrected chi connectivity index (χ1v) is 13.0. The number of allylic oxidation sites excluding steroid dienone is 1. The average Bonchev–Trinajstić information content (AvgIpc) is 3.44. The summed E-state index contributed by atoms with van der Waals surface area (Å²) in [6.45, 7) is 10.3. The van der Waals surface area contributed by atoms with Gasteiger partial charge in [-0.05, 0) is 44.2 Å². The SMILES string of the molecule is C=CCn1c(SCC(=O)Nc2sc(C)c(C)c2C(=O)OCC)nnc1C1CC1c1ccccc1. The Balaban J connectivity index is 1.43. The Morgan fingerprint density at radius 2 is 2.03 bits per heavy atom. The maximum absolute atomic E-state index is 12.7. The minimum atomic E-state index is -0.417. The Morgan fingerprint density at radius 1 is 1.26 bits per heavy atom. The summed E-state index contributed by atoms with van der Waals surface area (Å²) in [7, 11) is 0. The standard InChI is InChI=1S/C25H28N4O3S2/c1-5-12-29-22(19-13-18(19)17-10-8-7-9-11-17)27-28-25(29)33-14-20(30)26-23-21(24(31)32-6-2)15(3)16(4)34-23/h5,7-11,18-19H,1,6,12-14H2,2-4H3,(H,26,30). The van der Waals surface area contributed by atoms with Gasteiger partial charge in [0.25, 0.3) is 0 Å². The fraction of sp³-hybridized carbons (Fsp3) is 0.360. The minimum Gasteiger partial charge on any atom is -0.462 e. The quantitative estimate of drug-likeness (QED) is 0.232. The van der Waals surface area contributed by atoms with Gasteiger partial charge in [0.05, 0.1) is 17.9 Å². The van der Waals surface area contributed by atoms with E-state index in [1.54, 1.807) is 6.92 Å². The van der Waals surface area contributed by atoms with Gasteiger partial charge in [0.1, 0.15) is 10.8 Å². The molecular formula is C25H28N4O3S2. The molecule has 2 aromatic heterocycles. The van der Waals surface area contributed by atoms with Crippen molar-refractivity contribution in [2.45, 2.75) is 50.7 Å². The number of carbonyl (C=O) groups is 2. The second-order valence-electron chi connectivity index (χ2n) is 8.14. The summed E-state index contributed by atoms with van der Waals surface area (Å²) >= 11 is 2.71. The molecule has 178 valence electrons. The van der Waals surface area contributed by atoms with Crippen molar-refractivity contribution in [2.75, 3.05) is 17.7 Å². The van der Waals surface area contributed by atoms with Gasteiger partial charge in [-0.15, -0.1) is 28.1 Å². The molecule has 1 N–H and O–H groups in total. The maximum Gasteiger partial charge on any atom is 0.341 e. The molecule has 1 aliphatic carbocycles. The molecule has 34 heavy (non-hydrogen) atoms. The van der Waals surface area contributed by atoms with Crippen molar-refractivity contribution < 1.29 is 14.3 Å². The zero-order chi connectivity index (χ0) is 24.2. The van der Waals surface area contributed by atoms with Gasteiger partial charge in [-0.2, -0.15) is 0 Å². The second-order valence-corrected chi connectivity index (χ2v) is 10.3. The fourth-order valence-electron chi connectivity index (χ4n) is 3.99. The van der Waals surface area contributed by atoms with Gasteiger partial charge in [0.15, 0.2) is 5.16 Å². The third-order valence-electron chi connectivity index (χ3n) is 5.86. The van der Waals surface area contributed by atoms with Gasteiger partial charge in [-0.1, -0.05) is 48.2 Å². The van der Waals surface area contributed by atoms with Crippen LogP contribution in [0.5, 0.6) is 0 Å². The molecule has 7 nitrogen and oxygen atoms in total. The Bertz CT molecular complexity index is 1200. The molecule has 9 heteroatoms. The first kappa shape index (κ1) is 24.2. The number of nitrogens with zero attached hydrogens (tertiary/aromatic N) is 3. The van der Waals surface area contributed by atoms with Crippen molar-refractivity contribution in [1.29, 1.82) is 0 Å². The molecule has 1 amide bonds. The van der Waals surface area contributed by atoms with E-state index >= 15 is 0 Å². The lowest BCUT2D eigenvalue weighted by molar-refractivity contribution is -0.113. The largest absolute Gasteiger partial charge is 0.462 e. The fourth-order valence-corrected chi connectivity index (χ4v) is 5.81. The number of anilines is 1. The lowest BCUT2D eigenvalue weighted by Gasteiger charge is -2.09. The smallest absolute Gasteiger partial charge is 0.341 e. The monoisotopic (exact) mass is 496 g/mol. The summed E-state index contributed by atoms with van der Waals surface area (Å²) in [6, 6.07) is 10.4. The lowest BCUT2D eigenvalue weighted by atomic mass is 10.1. The molecule has 0 saturated heterocycles. The van der Waals surface area contributed by atoms with Gasteiger partial charge in [0.2, 0.25) is 5.91 Å². The zero-order valence-corrected chi connectivity index (χ0v) is 21.2. The summed E-state index contributed by atoms with van der Waals surface area (Å²) in [5, 5.41) is 12.9. The molecule has 0 spiro atoms. The maximum atomic E-state index is 12.7.